The van der Waals surface area contributed by atoms with E-state index in [1.165, 1.54) is 10.5 Å². The van der Waals surface area contributed by atoms with Crippen LogP contribution in [-0.4, -0.2) is 33.5 Å². The van der Waals surface area contributed by atoms with Crippen molar-refractivity contribution in [2.75, 3.05) is 6.54 Å². The maximum atomic E-state index is 12.3. The van der Waals surface area contributed by atoms with Gasteiger partial charge in [-0.2, -0.15) is 0 Å². The van der Waals surface area contributed by atoms with Crippen molar-refractivity contribution in [1.29, 1.82) is 0 Å². The molecule has 6 heteroatoms. The highest BCUT2D eigenvalue weighted by molar-refractivity contribution is 6.21. The van der Waals surface area contributed by atoms with E-state index in [2.05, 4.69) is 10.2 Å². The first-order chi connectivity index (χ1) is 13.6. The first kappa shape index (κ1) is 18.1. The summed E-state index contributed by atoms with van der Waals surface area (Å²) >= 11 is 0. The quantitative estimate of drug-likeness (QED) is 0.460. The molecule has 0 spiro atoms. The molecule has 142 valence electrons. The zero-order chi connectivity index (χ0) is 19.5. The number of rotatable bonds is 7. The average Bonchev–Trinajstić information content (AvgIpc) is 3.27. The van der Waals surface area contributed by atoms with Gasteiger partial charge in [0.15, 0.2) is 0 Å². The smallest absolute Gasteiger partial charge is 0.261 e. The number of carbonyl (C=O) groups is 2. The molecular weight excluding hydrogens is 354 g/mol. The van der Waals surface area contributed by atoms with Crippen LogP contribution in [0.3, 0.4) is 0 Å². The molecular formula is C22H21N3O3. The van der Waals surface area contributed by atoms with E-state index >= 15 is 0 Å². The fourth-order valence-electron chi connectivity index (χ4n) is 3.33. The Morgan fingerprint density at radius 2 is 1.54 bits per heavy atom. The van der Waals surface area contributed by atoms with Gasteiger partial charge in [-0.05, 0) is 44.0 Å². The summed E-state index contributed by atoms with van der Waals surface area (Å²) in [5.41, 5.74) is 3.10. The van der Waals surface area contributed by atoms with Gasteiger partial charge in [-0.25, -0.2) is 0 Å². The normalized spacial score (nSPS) is 13.2. The zero-order valence-corrected chi connectivity index (χ0v) is 15.7. The Morgan fingerprint density at radius 1 is 0.857 bits per heavy atom. The Balaban J connectivity index is 1.24. The van der Waals surface area contributed by atoms with Gasteiger partial charge in [0, 0.05) is 18.5 Å². The van der Waals surface area contributed by atoms with Gasteiger partial charge in [-0.3, -0.25) is 14.5 Å². The number of unbranched alkanes of at least 4 members (excludes halogenated alkanes) is 2. The number of aromatic nitrogens is 2. The van der Waals surface area contributed by atoms with E-state index in [-0.39, 0.29) is 11.8 Å². The minimum Gasteiger partial charge on any atom is -0.421 e. The monoisotopic (exact) mass is 375 g/mol. The largest absolute Gasteiger partial charge is 0.421 e. The minimum absolute atomic E-state index is 0.194. The summed E-state index contributed by atoms with van der Waals surface area (Å²) in [5.74, 6) is 0.748. The molecule has 0 unspecified atom stereocenters. The molecule has 0 aliphatic carbocycles. The van der Waals surface area contributed by atoms with Crippen molar-refractivity contribution in [2.24, 2.45) is 0 Å². The second-order valence-corrected chi connectivity index (χ2v) is 6.99. The topological polar surface area (TPSA) is 76.3 Å². The number of hydrogen-bond donors (Lipinski definition) is 0. The second kappa shape index (κ2) is 7.76. The predicted molar refractivity (Wildman–Crippen MR) is 104 cm³/mol. The number of benzene rings is 2. The summed E-state index contributed by atoms with van der Waals surface area (Å²) in [7, 11) is 0. The van der Waals surface area contributed by atoms with Crippen LogP contribution in [0.5, 0.6) is 0 Å². The van der Waals surface area contributed by atoms with Gasteiger partial charge in [0.25, 0.3) is 11.8 Å². The summed E-state index contributed by atoms with van der Waals surface area (Å²) in [6, 6.07) is 14.9. The molecule has 2 aromatic carbocycles. The van der Waals surface area contributed by atoms with Crippen molar-refractivity contribution in [3.8, 4) is 11.5 Å². The maximum absolute atomic E-state index is 12.3. The van der Waals surface area contributed by atoms with Crippen molar-refractivity contribution < 1.29 is 14.0 Å². The standard InChI is InChI=1S/C22H21N3O3/c1-15-10-12-16(13-11-15)20-24-23-19(28-20)9-3-2-6-14-25-21(26)17-7-4-5-8-18(17)22(25)27/h4-5,7-8,10-13H,2-3,6,9,14H2,1H3. The molecule has 0 saturated heterocycles. The lowest BCUT2D eigenvalue weighted by atomic mass is 10.1. The highest BCUT2D eigenvalue weighted by Gasteiger charge is 2.34. The Bertz CT molecular complexity index is 973. The molecule has 0 atom stereocenters. The van der Waals surface area contributed by atoms with Crippen LogP contribution in [0.15, 0.2) is 52.9 Å². The van der Waals surface area contributed by atoms with E-state index < -0.39 is 0 Å². The molecule has 0 saturated carbocycles. The van der Waals surface area contributed by atoms with Gasteiger partial charge in [0.2, 0.25) is 11.8 Å². The van der Waals surface area contributed by atoms with Crippen LogP contribution in [0.4, 0.5) is 0 Å². The lowest BCUT2D eigenvalue weighted by Gasteiger charge is -2.13. The lowest BCUT2D eigenvalue weighted by Crippen LogP contribution is -2.30. The molecule has 28 heavy (non-hydrogen) atoms. The van der Waals surface area contributed by atoms with E-state index in [4.69, 9.17) is 4.42 Å². The molecule has 2 heterocycles. The third-order valence-electron chi connectivity index (χ3n) is 4.92. The van der Waals surface area contributed by atoms with Gasteiger partial charge in [0.1, 0.15) is 0 Å². The van der Waals surface area contributed by atoms with E-state index in [1.54, 1.807) is 24.3 Å². The maximum Gasteiger partial charge on any atom is 0.261 e. The molecule has 1 aliphatic heterocycles. The molecule has 0 radical (unpaired) electrons. The highest BCUT2D eigenvalue weighted by atomic mass is 16.4. The van der Waals surface area contributed by atoms with Crippen LogP contribution in [0.25, 0.3) is 11.5 Å². The number of amides is 2. The summed E-state index contributed by atoms with van der Waals surface area (Å²) < 4.78 is 5.73. The second-order valence-electron chi connectivity index (χ2n) is 6.99. The molecule has 0 N–H and O–H groups in total. The van der Waals surface area contributed by atoms with Gasteiger partial charge < -0.3 is 4.42 Å². The summed E-state index contributed by atoms with van der Waals surface area (Å²) in [6.07, 6.45) is 3.17. The Hall–Kier alpha value is -3.28. The third-order valence-corrected chi connectivity index (χ3v) is 4.92. The average molecular weight is 375 g/mol. The lowest BCUT2D eigenvalue weighted by molar-refractivity contribution is 0.0651. The number of aryl methyl sites for hydroxylation is 2. The van der Waals surface area contributed by atoms with E-state index in [0.717, 1.165) is 24.8 Å². The van der Waals surface area contributed by atoms with E-state index in [9.17, 15) is 9.59 Å². The molecule has 4 rings (SSSR count). The predicted octanol–water partition coefficient (Wildman–Crippen LogP) is 4.05. The van der Waals surface area contributed by atoms with Crippen LogP contribution in [0.2, 0.25) is 0 Å². The Kier molecular flexibility index (Phi) is 5.02. The molecule has 1 aromatic heterocycles. The number of carbonyl (C=O) groups excluding carboxylic acids is 2. The molecule has 0 bridgehead atoms. The zero-order valence-electron chi connectivity index (χ0n) is 15.7. The SMILES string of the molecule is Cc1ccc(-c2nnc(CCCCCN3C(=O)c4ccccc4C3=O)o2)cc1. The fourth-order valence-corrected chi connectivity index (χ4v) is 3.33. The van der Waals surface area contributed by atoms with Gasteiger partial charge in [-0.15, -0.1) is 10.2 Å². The van der Waals surface area contributed by atoms with Crippen LogP contribution < -0.4 is 0 Å². The van der Waals surface area contributed by atoms with Gasteiger partial charge >= 0.3 is 0 Å². The van der Waals surface area contributed by atoms with Crippen LogP contribution >= 0.6 is 0 Å². The molecule has 0 fully saturated rings. The number of imide groups is 1. The van der Waals surface area contributed by atoms with Gasteiger partial charge in [0.05, 0.1) is 11.1 Å². The van der Waals surface area contributed by atoms with Crippen molar-refractivity contribution in [2.45, 2.75) is 32.6 Å². The van der Waals surface area contributed by atoms with Crippen molar-refractivity contribution >= 4 is 11.8 Å². The first-order valence-electron chi connectivity index (χ1n) is 9.48. The number of hydrogen-bond acceptors (Lipinski definition) is 5. The third kappa shape index (κ3) is 3.58. The van der Waals surface area contributed by atoms with E-state index in [1.807, 2.05) is 31.2 Å². The molecule has 1 aliphatic rings. The summed E-state index contributed by atoms with van der Waals surface area (Å²) in [4.78, 5) is 26.0. The van der Waals surface area contributed by atoms with Crippen LogP contribution in [0, 0.1) is 6.92 Å². The Morgan fingerprint density at radius 3 is 2.21 bits per heavy atom. The van der Waals surface area contributed by atoms with Crippen molar-refractivity contribution in [3.05, 3.63) is 71.1 Å². The number of nitrogens with zero attached hydrogens (tertiary/aromatic N) is 3. The van der Waals surface area contributed by atoms with Crippen LogP contribution in [0.1, 0.15) is 51.4 Å². The van der Waals surface area contributed by atoms with Crippen molar-refractivity contribution in [3.63, 3.8) is 0 Å². The Labute approximate surface area is 163 Å². The highest BCUT2D eigenvalue weighted by Crippen LogP contribution is 2.23. The van der Waals surface area contributed by atoms with Gasteiger partial charge in [-0.1, -0.05) is 36.2 Å². The van der Waals surface area contributed by atoms with E-state index in [0.29, 0.717) is 35.9 Å². The minimum atomic E-state index is -0.194. The molecule has 3 aromatic rings. The van der Waals surface area contributed by atoms with Crippen LogP contribution in [-0.2, 0) is 6.42 Å². The number of fused-ring (bicyclic) bond motifs is 1. The molecule has 2 amide bonds. The summed E-state index contributed by atoms with van der Waals surface area (Å²) in [6.45, 7) is 2.47. The summed E-state index contributed by atoms with van der Waals surface area (Å²) in [5, 5.41) is 8.21. The van der Waals surface area contributed by atoms with Crippen molar-refractivity contribution in [1.82, 2.24) is 15.1 Å². The fraction of sp³-hybridized carbons (Fsp3) is 0.273. The molecule has 6 nitrogen and oxygen atoms in total. The first-order valence-corrected chi connectivity index (χ1v) is 9.48.